The Labute approximate surface area is 114 Å². The predicted molar refractivity (Wildman–Crippen MR) is 76.5 cm³/mol. The van der Waals surface area contributed by atoms with Gasteiger partial charge in [-0.1, -0.05) is 31.2 Å². The third-order valence-corrected chi connectivity index (χ3v) is 3.04. The second-order valence-corrected chi connectivity index (χ2v) is 4.72. The van der Waals surface area contributed by atoms with Crippen LogP contribution in [0.2, 0.25) is 0 Å². The first-order valence-corrected chi connectivity index (χ1v) is 6.63. The summed E-state index contributed by atoms with van der Waals surface area (Å²) in [5.74, 6) is 0.479. The Bertz CT molecular complexity index is 407. The van der Waals surface area contributed by atoms with Crippen LogP contribution in [0.5, 0.6) is 5.75 Å². The van der Waals surface area contributed by atoms with Gasteiger partial charge in [0.1, 0.15) is 5.75 Å². The van der Waals surface area contributed by atoms with Gasteiger partial charge in [0.15, 0.2) is 0 Å². The minimum Gasteiger partial charge on any atom is -0.497 e. The number of ether oxygens (including phenoxy) is 1. The lowest BCUT2D eigenvalue weighted by Crippen LogP contribution is -1.98. The summed E-state index contributed by atoms with van der Waals surface area (Å²) < 4.78 is 5.11. The molecule has 0 saturated heterocycles. The van der Waals surface area contributed by atoms with Crippen molar-refractivity contribution < 1.29 is 14.6 Å². The second kappa shape index (κ2) is 8.35. The van der Waals surface area contributed by atoms with Crippen molar-refractivity contribution in [2.45, 2.75) is 32.6 Å². The molecule has 19 heavy (non-hydrogen) atoms. The lowest BCUT2D eigenvalue weighted by molar-refractivity contribution is -0.137. The lowest BCUT2D eigenvalue weighted by Gasteiger charge is -2.04. The molecule has 0 aromatic heterocycles. The molecule has 1 unspecified atom stereocenters. The maximum absolute atomic E-state index is 10.4. The first kappa shape index (κ1) is 15.3. The highest BCUT2D eigenvalue weighted by Gasteiger charge is 2.01. The van der Waals surface area contributed by atoms with Gasteiger partial charge in [-0.2, -0.15) is 0 Å². The maximum Gasteiger partial charge on any atom is 0.303 e. The van der Waals surface area contributed by atoms with E-state index in [1.165, 1.54) is 5.56 Å². The van der Waals surface area contributed by atoms with Crippen molar-refractivity contribution in [3.05, 3.63) is 42.0 Å². The van der Waals surface area contributed by atoms with Crippen molar-refractivity contribution in [3.8, 4) is 5.75 Å². The Kier molecular flexibility index (Phi) is 6.72. The molecule has 1 aromatic carbocycles. The van der Waals surface area contributed by atoms with Crippen molar-refractivity contribution in [3.63, 3.8) is 0 Å². The molecule has 0 heterocycles. The van der Waals surface area contributed by atoms with E-state index < -0.39 is 5.97 Å². The molecule has 3 heteroatoms. The molecule has 0 aliphatic rings. The Hall–Kier alpha value is -1.77. The number of hydrogen-bond donors (Lipinski definition) is 1. The normalized spacial score (nSPS) is 12.5. The first-order chi connectivity index (χ1) is 9.11. The number of carboxylic acids is 1. The summed E-state index contributed by atoms with van der Waals surface area (Å²) in [7, 11) is 1.66. The van der Waals surface area contributed by atoms with Gasteiger partial charge in [0, 0.05) is 6.42 Å². The third kappa shape index (κ3) is 6.65. The molecule has 0 aliphatic heterocycles. The number of hydrogen-bond acceptors (Lipinski definition) is 2. The van der Waals surface area contributed by atoms with Gasteiger partial charge in [-0.05, 0) is 42.9 Å². The van der Waals surface area contributed by atoms with E-state index in [1.807, 2.05) is 19.1 Å². The second-order valence-electron chi connectivity index (χ2n) is 4.72. The molecule has 0 spiro atoms. The van der Waals surface area contributed by atoms with Crippen molar-refractivity contribution in [1.29, 1.82) is 0 Å². The van der Waals surface area contributed by atoms with E-state index in [4.69, 9.17) is 9.84 Å². The molecule has 0 aliphatic carbocycles. The Morgan fingerprint density at radius 3 is 2.63 bits per heavy atom. The SMILES string of the molecule is COc1ccc(CCC=CC(C)CCC(=O)O)cc1. The highest BCUT2D eigenvalue weighted by atomic mass is 16.5. The summed E-state index contributed by atoms with van der Waals surface area (Å²) in [6.45, 7) is 2.05. The minimum absolute atomic E-state index is 0.240. The highest BCUT2D eigenvalue weighted by Crippen LogP contribution is 2.13. The quantitative estimate of drug-likeness (QED) is 0.727. The van der Waals surface area contributed by atoms with Gasteiger partial charge in [0.25, 0.3) is 0 Å². The van der Waals surface area contributed by atoms with Crippen LogP contribution in [-0.2, 0) is 11.2 Å². The molecule has 1 aromatic rings. The summed E-state index contributed by atoms with van der Waals surface area (Å²) in [5, 5.41) is 8.59. The Balaban J connectivity index is 2.26. The van der Waals surface area contributed by atoms with Gasteiger partial charge < -0.3 is 9.84 Å². The van der Waals surface area contributed by atoms with Crippen LogP contribution in [0.3, 0.4) is 0 Å². The zero-order chi connectivity index (χ0) is 14.1. The first-order valence-electron chi connectivity index (χ1n) is 6.63. The van der Waals surface area contributed by atoms with E-state index in [0.29, 0.717) is 12.3 Å². The van der Waals surface area contributed by atoms with Crippen molar-refractivity contribution in [2.75, 3.05) is 7.11 Å². The van der Waals surface area contributed by atoms with Gasteiger partial charge in [-0.15, -0.1) is 0 Å². The standard InChI is InChI=1S/C16H22O3/c1-13(7-12-16(17)18)5-3-4-6-14-8-10-15(19-2)11-9-14/h3,5,8-11,13H,4,6-7,12H2,1-2H3,(H,17,18). The number of carboxylic acid groups (broad SMARTS) is 1. The molecule has 0 fully saturated rings. The van der Waals surface area contributed by atoms with Gasteiger partial charge in [0.05, 0.1) is 7.11 Å². The van der Waals surface area contributed by atoms with E-state index in [1.54, 1.807) is 7.11 Å². The fourth-order valence-electron chi connectivity index (χ4n) is 1.82. The molecule has 0 radical (unpaired) electrons. The summed E-state index contributed by atoms with van der Waals surface area (Å²) >= 11 is 0. The van der Waals surface area contributed by atoms with E-state index in [-0.39, 0.29) is 6.42 Å². The van der Waals surface area contributed by atoms with E-state index in [9.17, 15) is 4.79 Å². The summed E-state index contributed by atoms with van der Waals surface area (Å²) in [5.41, 5.74) is 1.28. The number of carbonyl (C=O) groups is 1. The molecule has 1 N–H and O–H groups in total. The van der Waals surface area contributed by atoms with Crippen LogP contribution in [0, 0.1) is 5.92 Å². The molecule has 1 rings (SSSR count). The van der Waals surface area contributed by atoms with Crippen LogP contribution in [0.15, 0.2) is 36.4 Å². The van der Waals surface area contributed by atoms with Crippen molar-refractivity contribution in [2.24, 2.45) is 5.92 Å². The van der Waals surface area contributed by atoms with Crippen LogP contribution in [-0.4, -0.2) is 18.2 Å². The minimum atomic E-state index is -0.724. The molecule has 0 bridgehead atoms. The zero-order valence-electron chi connectivity index (χ0n) is 11.6. The van der Waals surface area contributed by atoms with Gasteiger partial charge in [0.2, 0.25) is 0 Å². The number of benzene rings is 1. The number of rotatable bonds is 8. The van der Waals surface area contributed by atoms with Crippen molar-refractivity contribution in [1.82, 2.24) is 0 Å². The van der Waals surface area contributed by atoms with Crippen molar-refractivity contribution >= 4 is 5.97 Å². The molecule has 1 atom stereocenters. The molecular weight excluding hydrogens is 240 g/mol. The molecule has 0 saturated carbocycles. The van der Waals surface area contributed by atoms with Crippen LogP contribution in [0.1, 0.15) is 31.7 Å². The predicted octanol–water partition coefficient (Wildman–Crippen LogP) is 3.68. The lowest BCUT2D eigenvalue weighted by atomic mass is 10.0. The van der Waals surface area contributed by atoms with Gasteiger partial charge >= 0.3 is 5.97 Å². The Morgan fingerprint density at radius 2 is 2.05 bits per heavy atom. The molecule has 3 nitrogen and oxygen atoms in total. The van der Waals surface area contributed by atoms with Crippen LogP contribution < -0.4 is 4.74 Å². The van der Waals surface area contributed by atoms with Crippen LogP contribution >= 0.6 is 0 Å². The largest absolute Gasteiger partial charge is 0.497 e. The number of aryl methyl sites for hydroxylation is 1. The summed E-state index contributed by atoms with van der Waals surface area (Å²) in [6.07, 6.45) is 7.15. The number of aliphatic carboxylic acids is 1. The van der Waals surface area contributed by atoms with E-state index in [0.717, 1.165) is 18.6 Å². The van der Waals surface area contributed by atoms with E-state index in [2.05, 4.69) is 24.3 Å². The monoisotopic (exact) mass is 262 g/mol. The smallest absolute Gasteiger partial charge is 0.303 e. The maximum atomic E-state index is 10.4. The molecular formula is C16H22O3. The summed E-state index contributed by atoms with van der Waals surface area (Å²) in [6, 6.07) is 8.07. The number of methoxy groups -OCH3 is 1. The Morgan fingerprint density at radius 1 is 1.37 bits per heavy atom. The fourth-order valence-corrected chi connectivity index (χ4v) is 1.82. The zero-order valence-corrected chi connectivity index (χ0v) is 11.6. The number of allylic oxidation sites excluding steroid dienone is 2. The van der Waals surface area contributed by atoms with Crippen LogP contribution in [0.25, 0.3) is 0 Å². The van der Waals surface area contributed by atoms with Gasteiger partial charge in [-0.3, -0.25) is 4.79 Å². The van der Waals surface area contributed by atoms with Gasteiger partial charge in [-0.25, -0.2) is 0 Å². The molecule has 104 valence electrons. The third-order valence-electron chi connectivity index (χ3n) is 3.04. The average molecular weight is 262 g/mol. The topological polar surface area (TPSA) is 46.5 Å². The van der Waals surface area contributed by atoms with Crippen LogP contribution in [0.4, 0.5) is 0 Å². The summed E-state index contributed by atoms with van der Waals surface area (Å²) in [4.78, 5) is 10.4. The average Bonchev–Trinajstić information content (AvgIpc) is 2.42. The fraction of sp³-hybridized carbons (Fsp3) is 0.438. The van der Waals surface area contributed by atoms with E-state index >= 15 is 0 Å². The highest BCUT2D eigenvalue weighted by molar-refractivity contribution is 5.66. The molecule has 0 amide bonds.